The van der Waals surface area contributed by atoms with Crippen molar-refractivity contribution in [3.63, 3.8) is 0 Å². The Morgan fingerprint density at radius 3 is 2.07 bits per heavy atom. The maximum atomic E-state index is 12.4. The normalized spacial score (nSPS) is 11.4. The van der Waals surface area contributed by atoms with E-state index in [0.29, 0.717) is 39.6 Å². The van der Waals surface area contributed by atoms with E-state index in [9.17, 15) is 9.59 Å². The zero-order valence-corrected chi connectivity index (χ0v) is 15.1. The summed E-state index contributed by atoms with van der Waals surface area (Å²) in [6.07, 6.45) is 0. The van der Waals surface area contributed by atoms with E-state index in [-0.39, 0.29) is 18.6 Å². The molecule has 1 aliphatic heterocycles. The molecule has 7 nitrogen and oxygen atoms in total. The van der Waals surface area contributed by atoms with E-state index in [4.69, 9.17) is 14.7 Å². The Labute approximate surface area is 166 Å². The van der Waals surface area contributed by atoms with Gasteiger partial charge in [0, 0.05) is 28.6 Å². The highest BCUT2D eigenvalue weighted by Gasteiger charge is 2.15. The van der Waals surface area contributed by atoms with Gasteiger partial charge in [0.15, 0.2) is 11.5 Å². The number of anilines is 2. The zero-order valence-electron chi connectivity index (χ0n) is 15.1. The van der Waals surface area contributed by atoms with Gasteiger partial charge in [-0.15, -0.1) is 0 Å². The largest absolute Gasteiger partial charge is 0.454 e. The van der Waals surface area contributed by atoms with Gasteiger partial charge in [-0.2, -0.15) is 5.26 Å². The molecule has 0 spiro atoms. The third-order valence-electron chi connectivity index (χ3n) is 4.29. The van der Waals surface area contributed by atoms with Gasteiger partial charge < -0.3 is 20.1 Å². The van der Waals surface area contributed by atoms with Crippen molar-refractivity contribution < 1.29 is 19.1 Å². The second kappa shape index (κ2) is 7.74. The highest BCUT2D eigenvalue weighted by molar-refractivity contribution is 6.07. The third-order valence-corrected chi connectivity index (χ3v) is 4.29. The highest BCUT2D eigenvalue weighted by atomic mass is 16.7. The first-order valence-electron chi connectivity index (χ1n) is 8.75. The van der Waals surface area contributed by atoms with Crippen LogP contribution in [-0.2, 0) is 0 Å². The number of amides is 2. The Kier molecular flexibility index (Phi) is 4.82. The molecule has 0 aliphatic carbocycles. The predicted molar refractivity (Wildman–Crippen MR) is 106 cm³/mol. The average molecular weight is 385 g/mol. The summed E-state index contributed by atoms with van der Waals surface area (Å²) in [5.74, 6) is 0.578. The smallest absolute Gasteiger partial charge is 0.255 e. The van der Waals surface area contributed by atoms with E-state index in [0.717, 1.165) is 0 Å². The van der Waals surface area contributed by atoms with Crippen LogP contribution in [0.1, 0.15) is 26.3 Å². The number of fused-ring (bicyclic) bond motifs is 1. The van der Waals surface area contributed by atoms with E-state index in [1.54, 1.807) is 66.7 Å². The lowest BCUT2D eigenvalue weighted by molar-refractivity contribution is 0.101. The van der Waals surface area contributed by atoms with Crippen LogP contribution in [0.4, 0.5) is 11.4 Å². The summed E-state index contributed by atoms with van der Waals surface area (Å²) in [6.45, 7) is 0.164. The van der Waals surface area contributed by atoms with Gasteiger partial charge in [-0.3, -0.25) is 9.59 Å². The number of rotatable bonds is 4. The molecule has 7 heteroatoms. The van der Waals surface area contributed by atoms with E-state index in [1.165, 1.54) is 0 Å². The lowest BCUT2D eigenvalue weighted by Gasteiger charge is -2.08. The van der Waals surface area contributed by atoms with Crippen molar-refractivity contribution in [3.05, 3.63) is 83.4 Å². The summed E-state index contributed by atoms with van der Waals surface area (Å²) in [5.41, 5.74) is 2.37. The molecule has 0 fully saturated rings. The van der Waals surface area contributed by atoms with Crippen LogP contribution in [-0.4, -0.2) is 18.6 Å². The van der Waals surface area contributed by atoms with Crippen molar-refractivity contribution in [2.45, 2.75) is 0 Å². The number of ether oxygens (including phenoxy) is 2. The van der Waals surface area contributed by atoms with E-state index in [1.807, 2.05) is 6.07 Å². The molecule has 2 amide bonds. The van der Waals surface area contributed by atoms with Crippen molar-refractivity contribution in [1.29, 1.82) is 5.26 Å². The lowest BCUT2D eigenvalue weighted by atomic mass is 10.1. The van der Waals surface area contributed by atoms with E-state index in [2.05, 4.69) is 10.6 Å². The number of nitriles is 1. The number of carbonyl (C=O) groups is 2. The molecule has 4 rings (SSSR count). The first-order chi connectivity index (χ1) is 14.1. The number of nitrogens with one attached hydrogen (secondary N) is 2. The summed E-state index contributed by atoms with van der Waals surface area (Å²) < 4.78 is 10.5. The van der Waals surface area contributed by atoms with E-state index >= 15 is 0 Å². The summed E-state index contributed by atoms with van der Waals surface area (Å²) in [7, 11) is 0. The monoisotopic (exact) mass is 385 g/mol. The molecule has 0 radical (unpaired) electrons. The summed E-state index contributed by atoms with van der Waals surface area (Å²) >= 11 is 0. The van der Waals surface area contributed by atoms with Crippen LogP contribution < -0.4 is 20.1 Å². The number of benzene rings is 3. The number of hydrogen-bond acceptors (Lipinski definition) is 5. The molecule has 3 aromatic rings. The Morgan fingerprint density at radius 2 is 1.41 bits per heavy atom. The Hall–Kier alpha value is -4.31. The molecule has 0 aromatic heterocycles. The van der Waals surface area contributed by atoms with Crippen LogP contribution in [0.25, 0.3) is 0 Å². The van der Waals surface area contributed by atoms with Crippen molar-refractivity contribution in [2.24, 2.45) is 0 Å². The fourth-order valence-corrected chi connectivity index (χ4v) is 2.82. The van der Waals surface area contributed by atoms with Gasteiger partial charge in [0.25, 0.3) is 11.8 Å². The standard InChI is InChI=1S/C22H15N3O4/c23-12-14-2-1-3-17(10-14)24-21(26)15-4-6-16(7-5-15)22(27)25-18-8-9-19-20(11-18)29-13-28-19/h1-11H,13H2,(H,24,26)(H,25,27). The molecule has 0 unspecified atom stereocenters. The number of carbonyl (C=O) groups excluding carboxylic acids is 2. The van der Waals surface area contributed by atoms with Crippen molar-refractivity contribution >= 4 is 23.2 Å². The van der Waals surface area contributed by atoms with Crippen LogP contribution in [0.3, 0.4) is 0 Å². The zero-order chi connectivity index (χ0) is 20.2. The van der Waals surface area contributed by atoms with Crippen LogP contribution in [0.15, 0.2) is 66.7 Å². The first kappa shape index (κ1) is 18.1. The van der Waals surface area contributed by atoms with Gasteiger partial charge in [0.1, 0.15) is 0 Å². The lowest BCUT2D eigenvalue weighted by Crippen LogP contribution is -2.14. The summed E-state index contributed by atoms with van der Waals surface area (Å²) in [4.78, 5) is 24.8. The molecule has 2 N–H and O–H groups in total. The van der Waals surface area contributed by atoms with Gasteiger partial charge in [-0.05, 0) is 54.6 Å². The maximum Gasteiger partial charge on any atom is 0.255 e. The van der Waals surface area contributed by atoms with E-state index < -0.39 is 0 Å². The highest BCUT2D eigenvalue weighted by Crippen LogP contribution is 2.34. The minimum Gasteiger partial charge on any atom is -0.454 e. The first-order valence-corrected chi connectivity index (χ1v) is 8.75. The molecule has 0 saturated heterocycles. The molecule has 1 aliphatic rings. The van der Waals surface area contributed by atoms with Crippen molar-refractivity contribution in [2.75, 3.05) is 17.4 Å². The second-order valence-electron chi connectivity index (χ2n) is 6.25. The number of nitrogens with zero attached hydrogens (tertiary/aromatic N) is 1. The molecular weight excluding hydrogens is 370 g/mol. The minimum atomic E-state index is -0.331. The van der Waals surface area contributed by atoms with Gasteiger partial charge in [0.05, 0.1) is 11.6 Å². The van der Waals surface area contributed by atoms with Crippen LogP contribution in [0.5, 0.6) is 11.5 Å². The molecule has 3 aromatic carbocycles. The van der Waals surface area contributed by atoms with Crippen LogP contribution in [0.2, 0.25) is 0 Å². The van der Waals surface area contributed by atoms with Crippen LogP contribution >= 0.6 is 0 Å². The van der Waals surface area contributed by atoms with Gasteiger partial charge in [-0.1, -0.05) is 6.07 Å². The molecule has 1 heterocycles. The Balaban J connectivity index is 1.42. The van der Waals surface area contributed by atoms with Gasteiger partial charge in [0.2, 0.25) is 6.79 Å². The predicted octanol–water partition coefficient (Wildman–Crippen LogP) is 3.79. The van der Waals surface area contributed by atoms with Gasteiger partial charge >= 0.3 is 0 Å². The topological polar surface area (TPSA) is 100 Å². The van der Waals surface area contributed by atoms with Crippen LogP contribution in [0, 0.1) is 11.3 Å². The quantitative estimate of drug-likeness (QED) is 0.712. The summed E-state index contributed by atoms with van der Waals surface area (Å²) in [5, 5.41) is 14.4. The average Bonchev–Trinajstić information content (AvgIpc) is 3.22. The molecule has 29 heavy (non-hydrogen) atoms. The number of hydrogen-bond donors (Lipinski definition) is 2. The van der Waals surface area contributed by atoms with Crippen molar-refractivity contribution in [3.8, 4) is 17.6 Å². The SMILES string of the molecule is N#Cc1cccc(NC(=O)c2ccc(C(=O)Nc3ccc4c(c3)OCO4)cc2)c1. The fraction of sp³-hybridized carbons (Fsp3) is 0.0455. The molecular formula is C22H15N3O4. The third kappa shape index (κ3) is 4.01. The molecule has 142 valence electrons. The second-order valence-corrected chi connectivity index (χ2v) is 6.25. The van der Waals surface area contributed by atoms with Gasteiger partial charge in [-0.25, -0.2) is 0 Å². The Morgan fingerprint density at radius 1 is 0.793 bits per heavy atom. The fourth-order valence-electron chi connectivity index (χ4n) is 2.82. The molecule has 0 saturated carbocycles. The molecule has 0 atom stereocenters. The molecule has 0 bridgehead atoms. The summed E-state index contributed by atoms with van der Waals surface area (Å²) in [6, 6.07) is 20.1. The Bertz CT molecular complexity index is 1130. The van der Waals surface area contributed by atoms with Crippen molar-refractivity contribution in [1.82, 2.24) is 0 Å². The minimum absolute atomic E-state index is 0.164. The maximum absolute atomic E-state index is 12.4.